The van der Waals surface area contributed by atoms with Gasteiger partial charge in [0.25, 0.3) is 5.91 Å². The largest absolute Gasteiger partial charge is 0.447 e. The maximum absolute atomic E-state index is 12.9. The van der Waals surface area contributed by atoms with Gasteiger partial charge in [-0.05, 0) is 37.5 Å². The molecule has 0 radical (unpaired) electrons. The second-order valence-corrected chi connectivity index (χ2v) is 7.42. The molecule has 1 atom stereocenters. The molecule has 1 fully saturated rings. The minimum atomic E-state index is -0.985. The van der Waals surface area contributed by atoms with Crippen LogP contribution in [0.15, 0.2) is 48.5 Å². The number of benzene rings is 2. The lowest BCUT2D eigenvalue weighted by molar-refractivity contribution is -0.159. The summed E-state index contributed by atoms with van der Waals surface area (Å²) >= 11 is 6.14. The van der Waals surface area contributed by atoms with Gasteiger partial charge in [-0.1, -0.05) is 67.3 Å². The summed E-state index contributed by atoms with van der Waals surface area (Å²) in [6.45, 7) is 1.90. The number of nitrogens with one attached hydrogen (secondary N) is 1. The van der Waals surface area contributed by atoms with Crippen LogP contribution in [-0.4, -0.2) is 11.9 Å². The van der Waals surface area contributed by atoms with Crippen LogP contribution in [-0.2, 0) is 14.3 Å². The summed E-state index contributed by atoms with van der Waals surface area (Å²) in [6.07, 6.45) is 3.89. The average molecular weight is 386 g/mol. The van der Waals surface area contributed by atoms with Gasteiger partial charge in [-0.2, -0.15) is 0 Å². The van der Waals surface area contributed by atoms with Crippen LogP contribution in [0, 0.1) is 12.8 Å². The summed E-state index contributed by atoms with van der Waals surface area (Å²) in [4.78, 5) is 25.5. The SMILES string of the molecule is Cc1ccc(NC(=O)[C@H](OC(=O)C2CCCCC2)c2ccccc2)cc1Cl. The molecule has 4 nitrogen and oxygen atoms in total. The fourth-order valence-corrected chi connectivity index (χ4v) is 3.51. The van der Waals surface area contributed by atoms with Crippen molar-refractivity contribution >= 4 is 29.2 Å². The van der Waals surface area contributed by atoms with E-state index in [0.717, 1.165) is 37.7 Å². The molecule has 1 N–H and O–H groups in total. The number of carbonyl (C=O) groups is 2. The maximum atomic E-state index is 12.9. The van der Waals surface area contributed by atoms with Gasteiger partial charge in [0.1, 0.15) is 0 Å². The van der Waals surface area contributed by atoms with Crippen molar-refractivity contribution < 1.29 is 14.3 Å². The molecule has 0 heterocycles. The lowest BCUT2D eigenvalue weighted by Gasteiger charge is -2.24. The highest BCUT2D eigenvalue weighted by Gasteiger charge is 2.30. The summed E-state index contributed by atoms with van der Waals surface area (Å²) in [7, 11) is 0. The Balaban J connectivity index is 1.77. The lowest BCUT2D eigenvalue weighted by Crippen LogP contribution is -2.29. The number of esters is 1. The van der Waals surface area contributed by atoms with E-state index in [1.165, 1.54) is 0 Å². The van der Waals surface area contributed by atoms with Crippen LogP contribution in [0.4, 0.5) is 5.69 Å². The fraction of sp³-hybridized carbons (Fsp3) is 0.364. The molecule has 0 bridgehead atoms. The van der Waals surface area contributed by atoms with E-state index in [9.17, 15) is 9.59 Å². The summed E-state index contributed by atoms with van der Waals surface area (Å²) in [5.74, 6) is -0.794. The molecule has 0 aliphatic heterocycles. The van der Waals surface area contributed by atoms with Crippen molar-refractivity contribution in [3.8, 4) is 0 Å². The number of halogens is 1. The molecule has 2 aromatic carbocycles. The Labute approximate surface area is 164 Å². The Morgan fingerprint density at radius 3 is 2.44 bits per heavy atom. The van der Waals surface area contributed by atoms with E-state index in [1.807, 2.05) is 31.2 Å². The van der Waals surface area contributed by atoms with Gasteiger partial charge >= 0.3 is 5.97 Å². The molecule has 0 aromatic heterocycles. The van der Waals surface area contributed by atoms with Gasteiger partial charge in [-0.3, -0.25) is 9.59 Å². The molecule has 1 aliphatic rings. The Bertz CT molecular complexity index is 800. The van der Waals surface area contributed by atoms with Crippen LogP contribution in [0.1, 0.15) is 49.3 Å². The van der Waals surface area contributed by atoms with Crippen molar-refractivity contribution in [3.05, 3.63) is 64.7 Å². The third kappa shape index (κ3) is 5.10. The third-order valence-corrected chi connectivity index (χ3v) is 5.36. The number of rotatable bonds is 5. The van der Waals surface area contributed by atoms with Crippen molar-refractivity contribution in [3.63, 3.8) is 0 Å². The predicted molar refractivity (Wildman–Crippen MR) is 107 cm³/mol. The van der Waals surface area contributed by atoms with E-state index >= 15 is 0 Å². The Morgan fingerprint density at radius 1 is 1.07 bits per heavy atom. The normalized spacial score (nSPS) is 15.8. The molecule has 0 unspecified atom stereocenters. The first-order valence-corrected chi connectivity index (χ1v) is 9.75. The zero-order chi connectivity index (χ0) is 19.2. The van der Waals surface area contributed by atoms with E-state index < -0.39 is 6.10 Å². The highest BCUT2D eigenvalue weighted by atomic mass is 35.5. The summed E-state index contributed by atoms with van der Waals surface area (Å²) in [5, 5.41) is 3.39. The summed E-state index contributed by atoms with van der Waals surface area (Å²) < 4.78 is 5.68. The van der Waals surface area contributed by atoms with E-state index in [-0.39, 0.29) is 17.8 Å². The number of aryl methyl sites for hydroxylation is 1. The Hall–Kier alpha value is -2.33. The van der Waals surface area contributed by atoms with Crippen LogP contribution in [0.2, 0.25) is 5.02 Å². The summed E-state index contributed by atoms with van der Waals surface area (Å²) in [6, 6.07) is 14.4. The van der Waals surface area contributed by atoms with Gasteiger partial charge in [-0.25, -0.2) is 0 Å². The van der Waals surface area contributed by atoms with Gasteiger partial charge in [0.15, 0.2) is 0 Å². The van der Waals surface area contributed by atoms with E-state index in [4.69, 9.17) is 16.3 Å². The molecule has 27 heavy (non-hydrogen) atoms. The molecule has 142 valence electrons. The fourth-order valence-electron chi connectivity index (χ4n) is 3.33. The quantitative estimate of drug-likeness (QED) is 0.696. The van der Waals surface area contributed by atoms with Gasteiger partial charge < -0.3 is 10.1 Å². The minimum absolute atomic E-state index is 0.119. The topological polar surface area (TPSA) is 55.4 Å². The second-order valence-electron chi connectivity index (χ2n) is 7.02. The first-order chi connectivity index (χ1) is 13.0. The van der Waals surface area contributed by atoms with Crippen molar-refractivity contribution in [2.24, 2.45) is 5.92 Å². The first kappa shape index (κ1) is 19.4. The molecule has 1 saturated carbocycles. The number of anilines is 1. The molecular weight excluding hydrogens is 362 g/mol. The molecule has 1 amide bonds. The molecule has 3 rings (SSSR count). The Morgan fingerprint density at radius 2 is 1.78 bits per heavy atom. The van der Waals surface area contributed by atoms with Gasteiger partial charge in [0, 0.05) is 16.3 Å². The third-order valence-electron chi connectivity index (χ3n) is 4.95. The highest BCUT2D eigenvalue weighted by molar-refractivity contribution is 6.31. The predicted octanol–water partition coefficient (Wildman–Crippen LogP) is 5.45. The number of carbonyl (C=O) groups excluding carboxylic acids is 2. The van der Waals surface area contributed by atoms with Crippen LogP contribution in [0.25, 0.3) is 0 Å². The number of ether oxygens (including phenoxy) is 1. The van der Waals surface area contributed by atoms with Crippen molar-refractivity contribution in [2.75, 3.05) is 5.32 Å². The standard InChI is InChI=1S/C22H24ClNO3/c1-15-12-13-18(14-19(15)23)24-21(25)20(16-8-4-2-5-9-16)27-22(26)17-10-6-3-7-11-17/h2,4-5,8-9,12-14,17,20H,3,6-7,10-11H2,1H3,(H,24,25)/t20-/m1/s1. The number of hydrogen-bond acceptors (Lipinski definition) is 3. The van der Waals surface area contributed by atoms with Gasteiger partial charge in [-0.15, -0.1) is 0 Å². The van der Waals surface area contributed by atoms with Crippen molar-refractivity contribution in [1.29, 1.82) is 0 Å². The zero-order valence-electron chi connectivity index (χ0n) is 15.4. The zero-order valence-corrected chi connectivity index (χ0v) is 16.2. The average Bonchev–Trinajstić information content (AvgIpc) is 2.70. The van der Waals surface area contributed by atoms with Gasteiger partial charge in [0.2, 0.25) is 6.10 Å². The number of hydrogen-bond donors (Lipinski definition) is 1. The molecular formula is C22H24ClNO3. The van der Waals surface area contributed by atoms with Crippen LogP contribution in [0.3, 0.4) is 0 Å². The molecule has 2 aromatic rings. The Kier molecular flexibility index (Phi) is 6.51. The van der Waals surface area contributed by atoms with E-state index in [1.54, 1.807) is 24.3 Å². The monoisotopic (exact) mass is 385 g/mol. The lowest BCUT2D eigenvalue weighted by atomic mass is 9.89. The smallest absolute Gasteiger partial charge is 0.310 e. The van der Waals surface area contributed by atoms with E-state index in [0.29, 0.717) is 16.3 Å². The van der Waals surface area contributed by atoms with Gasteiger partial charge in [0.05, 0.1) is 5.92 Å². The van der Waals surface area contributed by atoms with Crippen molar-refractivity contribution in [1.82, 2.24) is 0 Å². The van der Waals surface area contributed by atoms with Crippen LogP contribution >= 0.6 is 11.6 Å². The molecule has 1 aliphatic carbocycles. The number of amides is 1. The maximum Gasteiger partial charge on any atom is 0.310 e. The molecule has 5 heteroatoms. The molecule has 0 spiro atoms. The minimum Gasteiger partial charge on any atom is -0.447 e. The van der Waals surface area contributed by atoms with Crippen molar-refractivity contribution in [2.45, 2.75) is 45.1 Å². The first-order valence-electron chi connectivity index (χ1n) is 9.37. The highest BCUT2D eigenvalue weighted by Crippen LogP contribution is 2.28. The van der Waals surface area contributed by atoms with Crippen LogP contribution < -0.4 is 5.32 Å². The van der Waals surface area contributed by atoms with E-state index in [2.05, 4.69) is 5.32 Å². The van der Waals surface area contributed by atoms with Crippen LogP contribution in [0.5, 0.6) is 0 Å². The molecule has 0 saturated heterocycles. The second kappa shape index (κ2) is 9.05. The summed E-state index contributed by atoms with van der Waals surface area (Å²) in [5.41, 5.74) is 2.15.